The van der Waals surface area contributed by atoms with Gasteiger partial charge in [-0.15, -0.1) is 0 Å². The summed E-state index contributed by atoms with van der Waals surface area (Å²) >= 11 is 6.21. The molecule has 3 aromatic rings. The van der Waals surface area contributed by atoms with E-state index in [1.807, 2.05) is 72.5 Å². The number of methoxy groups -OCH3 is 2. The van der Waals surface area contributed by atoms with E-state index < -0.39 is 0 Å². The molecular formula is C30H33ClN2O5. The molecule has 0 aliphatic carbocycles. The van der Waals surface area contributed by atoms with Crippen LogP contribution >= 0.6 is 11.6 Å². The summed E-state index contributed by atoms with van der Waals surface area (Å²) in [6.45, 7) is 3.86. The van der Waals surface area contributed by atoms with Crippen LogP contribution in [0.1, 0.15) is 36.1 Å². The molecule has 2 unspecified atom stereocenters. The third kappa shape index (κ3) is 6.22. The van der Waals surface area contributed by atoms with Crippen LogP contribution < -0.4 is 14.4 Å². The van der Waals surface area contributed by atoms with Gasteiger partial charge in [-0.1, -0.05) is 54.1 Å². The highest BCUT2D eigenvalue weighted by Crippen LogP contribution is 2.45. The number of ether oxygens (including phenoxy) is 3. The lowest BCUT2D eigenvalue weighted by molar-refractivity contribution is -0.134. The van der Waals surface area contributed by atoms with Crippen LogP contribution in [-0.4, -0.2) is 50.7 Å². The lowest BCUT2D eigenvalue weighted by atomic mass is 9.92. The molecule has 1 amide bonds. The van der Waals surface area contributed by atoms with Crippen LogP contribution in [0.4, 0.5) is 5.69 Å². The Morgan fingerprint density at radius 2 is 1.76 bits per heavy atom. The van der Waals surface area contributed by atoms with Gasteiger partial charge in [0, 0.05) is 35.4 Å². The number of nitrogens with zero attached hydrogens (tertiary/aromatic N) is 2. The van der Waals surface area contributed by atoms with Crippen molar-refractivity contribution in [2.45, 2.75) is 38.4 Å². The summed E-state index contributed by atoms with van der Waals surface area (Å²) in [6.07, 6.45) is 0.932. The van der Waals surface area contributed by atoms with E-state index in [4.69, 9.17) is 25.8 Å². The van der Waals surface area contributed by atoms with E-state index in [2.05, 4.69) is 4.90 Å². The molecule has 8 heteroatoms. The first kappa shape index (κ1) is 27.3. The zero-order chi connectivity index (χ0) is 27.1. The van der Waals surface area contributed by atoms with Gasteiger partial charge in [0.2, 0.25) is 5.91 Å². The Hall–Kier alpha value is -3.71. The van der Waals surface area contributed by atoms with E-state index in [1.165, 1.54) is 0 Å². The predicted octanol–water partition coefficient (Wildman–Crippen LogP) is 5.44. The minimum atomic E-state index is -0.202. The van der Waals surface area contributed by atoms with Crippen molar-refractivity contribution in [3.05, 3.63) is 88.4 Å². The van der Waals surface area contributed by atoms with E-state index in [0.29, 0.717) is 42.5 Å². The fourth-order valence-electron chi connectivity index (χ4n) is 5.06. The summed E-state index contributed by atoms with van der Waals surface area (Å²) in [4.78, 5) is 28.9. The smallest absolute Gasteiger partial charge is 0.293 e. The zero-order valence-corrected chi connectivity index (χ0v) is 22.7. The Kier molecular flexibility index (Phi) is 9.13. The quantitative estimate of drug-likeness (QED) is 0.304. The minimum Gasteiger partial charge on any atom is -0.493 e. The third-order valence-electron chi connectivity index (χ3n) is 6.92. The van der Waals surface area contributed by atoms with Crippen LogP contribution in [-0.2, 0) is 27.3 Å². The van der Waals surface area contributed by atoms with Crippen molar-refractivity contribution in [1.82, 2.24) is 4.90 Å². The Morgan fingerprint density at radius 3 is 2.45 bits per heavy atom. The number of amides is 1. The monoisotopic (exact) mass is 536 g/mol. The second-order valence-electron chi connectivity index (χ2n) is 9.36. The van der Waals surface area contributed by atoms with Crippen molar-refractivity contribution in [2.75, 3.05) is 32.3 Å². The lowest BCUT2D eigenvalue weighted by Crippen LogP contribution is -2.45. The van der Waals surface area contributed by atoms with Gasteiger partial charge in [0.05, 0.1) is 32.7 Å². The Balaban J connectivity index is 1.76. The summed E-state index contributed by atoms with van der Waals surface area (Å²) in [7, 11) is 3.20. The molecule has 38 heavy (non-hydrogen) atoms. The van der Waals surface area contributed by atoms with Crippen molar-refractivity contribution < 1.29 is 23.8 Å². The number of hydrogen-bond donors (Lipinski definition) is 0. The van der Waals surface area contributed by atoms with Gasteiger partial charge >= 0.3 is 0 Å². The van der Waals surface area contributed by atoms with Gasteiger partial charge < -0.3 is 24.0 Å². The van der Waals surface area contributed by atoms with Gasteiger partial charge in [0.25, 0.3) is 6.47 Å². The van der Waals surface area contributed by atoms with Crippen LogP contribution in [0, 0.1) is 0 Å². The van der Waals surface area contributed by atoms with E-state index in [0.717, 1.165) is 22.4 Å². The first-order chi connectivity index (χ1) is 18.4. The largest absolute Gasteiger partial charge is 0.493 e. The molecule has 0 saturated heterocycles. The topological polar surface area (TPSA) is 68.3 Å². The van der Waals surface area contributed by atoms with Crippen molar-refractivity contribution in [2.24, 2.45) is 0 Å². The van der Waals surface area contributed by atoms with Gasteiger partial charge in [0.15, 0.2) is 11.5 Å². The number of halogens is 1. The van der Waals surface area contributed by atoms with Crippen LogP contribution in [0.2, 0.25) is 5.02 Å². The normalized spacial score (nSPS) is 15.3. The average Bonchev–Trinajstić information content (AvgIpc) is 2.93. The van der Waals surface area contributed by atoms with Crippen LogP contribution in [0.5, 0.6) is 11.5 Å². The molecule has 0 aromatic heterocycles. The Labute approximate surface area is 228 Å². The molecule has 2 atom stereocenters. The second-order valence-corrected chi connectivity index (χ2v) is 9.79. The van der Waals surface area contributed by atoms with Gasteiger partial charge in [0.1, 0.15) is 6.61 Å². The van der Waals surface area contributed by atoms with E-state index in [9.17, 15) is 9.59 Å². The predicted molar refractivity (Wildman–Crippen MR) is 148 cm³/mol. The summed E-state index contributed by atoms with van der Waals surface area (Å²) in [5.74, 6) is 1.20. The lowest BCUT2D eigenvalue weighted by Gasteiger charge is -2.43. The van der Waals surface area contributed by atoms with Crippen molar-refractivity contribution in [3.8, 4) is 11.5 Å². The number of hydrogen-bond acceptors (Lipinski definition) is 6. The second kappa shape index (κ2) is 12.7. The van der Waals surface area contributed by atoms with Gasteiger partial charge in [-0.3, -0.25) is 9.59 Å². The molecule has 0 fully saturated rings. The molecule has 1 aliphatic heterocycles. The first-order valence-corrected chi connectivity index (χ1v) is 13.0. The van der Waals surface area contributed by atoms with E-state index in [-0.39, 0.29) is 31.0 Å². The van der Waals surface area contributed by atoms with Crippen molar-refractivity contribution >= 4 is 29.7 Å². The summed E-state index contributed by atoms with van der Waals surface area (Å²) < 4.78 is 16.3. The highest BCUT2D eigenvalue weighted by atomic mass is 35.5. The molecule has 4 rings (SSSR count). The standard InChI is InChI=1S/C30H33ClN2O5/c1-21(19-38-20-34)32-13-12-26(25-16-28(36-2)29(37-3)17-27(25)32)33(18-22-8-5-4-6-9-22)30(35)15-23-10-7-11-24(31)14-23/h4-11,14,16-17,20-21,26H,12-13,15,18-19H2,1-3H3. The zero-order valence-electron chi connectivity index (χ0n) is 21.9. The van der Waals surface area contributed by atoms with E-state index in [1.54, 1.807) is 20.3 Å². The SMILES string of the molecule is COc1cc2c(cc1OC)N(C(C)COC=O)CCC2N(Cc1ccccc1)C(=O)Cc1cccc(Cl)c1. The van der Waals surface area contributed by atoms with Gasteiger partial charge in [-0.25, -0.2) is 0 Å². The van der Waals surface area contributed by atoms with Gasteiger partial charge in [-0.05, 0) is 42.7 Å². The van der Waals surface area contributed by atoms with Crippen LogP contribution in [0.25, 0.3) is 0 Å². The summed E-state index contributed by atoms with van der Waals surface area (Å²) in [5, 5.41) is 0.604. The fourth-order valence-corrected chi connectivity index (χ4v) is 5.28. The molecular weight excluding hydrogens is 504 g/mol. The Morgan fingerprint density at radius 1 is 1.05 bits per heavy atom. The summed E-state index contributed by atoms with van der Waals surface area (Å²) in [5.41, 5.74) is 3.80. The average molecular weight is 537 g/mol. The van der Waals surface area contributed by atoms with Crippen molar-refractivity contribution in [3.63, 3.8) is 0 Å². The Bertz CT molecular complexity index is 1250. The number of benzene rings is 3. The highest BCUT2D eigenvalue weighted by Gasteiger charge is 2.35. The maximum Gasteiger partial charge on any atom is 0.293 e. The molecule has 200 valence electrons. The molecule has 1 heterocycles. The molecule has 0 N–H and O–H groups in total. The number of carbonyl (C=O) groups is 2. The molecule has 1 aliphatic rings. The maximum atomic E-state index is 13.9. The summed E-state index contributed by atoms with van der Waals surface area (Å²) in [6, 6.07) is 21.0. The maximum absolute atomic E-state index is 13.9. The number of anilines is 1. The number of carbonyl (C=O) groups excluding carboxylic acids is 2. The molecule has 0 bridgehead atoms. The molecule has 0 saturated carbocycles. The van der Waals surface area contributed by atoms with E-state index >= 15 is 0 Å². The number of rotatable bonds is 11. The van der Waals surface area contributed by atoms with Crippen LogP contribution in [0.15, 0.2) is 66.7 Å². The fraction of sp³-hybridized carbons (Fsp3) is 0.333. The minimum absolute atomic E-state index is 0.00708. The number of fused-ring (bicyclic) bond motifs is 1. The highest BCUT2D eigenvalue weighted by molar-refractivity contribution is 6.30. The molecule has 0 radical (unpaired) electrons. The molecule has 0 spiro atoms. The van der Waals surface area contributed by atoms with Crippen molar-refractivity contribution in [1.29, 1.82) is 0 Å². The van der Waals surface area contributed by atoms with Crippen LogP contribution in [0.3, 0.4) is 0 Å². The molecule has 7 nitrogen and oxygen atoms in total. The van der Waals surface area contributed by atoms with Gasteiger partial charge in [-0.2, -0.15) is 0 Å². The third-order valence-corrected chi connectivity index (χ3v) is 7.15. The first-order valence-electron chi connectivity index (χ1n) is 12.6. The molecule has 3 aromatic carbocycles.